The van der Waals surface area contributed by atoms with Crippen LogP contribution in [0, 0.1) is 0 Å². The summed E-state index contributed by atoms with van der Waals surface area (Å²) >= 11 is 1.61. The number of rotatable bonds is 3. The van der Waals surface area contributed by atoms with Crippen molar-refractivity contribution in [1.82, 2.24) is 14.9 Å². The minimum Gasteiger partial charge on any atom is -0.383 e. The average molecular weight is 292 g/mol. The predicted molar refractivity (Wildman–Crippen MR) is 81.8 cm³/mol. The Bertz CT molecular complexity index is 614. The standard InChI is InChI=1S/C14H20N4OS/c1-14(19-2)5-3-6-18(9-14)8-11-16-12(15)10-4-7-20-13(10)17-11/h4,7H,3,5-6,8-9H2,1-2H3,(H2,15,16,17). The molecule has 0 aliphatic carbocycles. The van der Waals surface area contributed by atoms with Crippen molar-refractivity contribution in [3.63, 3.8) is 0 Å². The molecule has 1 saturated heterocycles. The Balaban J connectivity index is 1.79. The van der Waals surface area contributed by atoms with Crippen LogP contribution in [0.4, 0.5) is 5.82 Å². The van der Waals surface area contributed by atoms with E-state index in [0.717, 1.165) is 48.5 Å². The fourth-order valence-electron chi connectivity index (χ4n) is 2.80. The lowest BCUT2D eigenvalue weighted by Crippen LogP contribution is -2.47. The van der Waals surface area contributed by atoms with Crippen molar-refractivity contribution in [2.24, 2.45) is 0 Å². The monoisotopic (exact) mass is 292 g/mol. The second kappa shape index (κ2) is 5.27. The third-order valence-corrected chi connectivity index (χ3v) is 4.80. The summed E-state index contributed by atoms with van der Waals surface area (Å²) in [5, 5.41) is 2.96. The summed E-state index contributed by atoms with van der Waals surface area (Å²) in [5.41, 5.74) is 5.94. The van der Waals surface area contributed by atoms with Gasteiger partial charge in [-0.2, -0.15) is 0 Å². The van der Waals surface area contributed by atoms with E-state index < -0.39 is 0 Å². The van der Waals surface area contributed by atoms with Gasteiger partial charge in [0, 0.05) is 13.7 Å². The summed E-state index contributed by atoms with van der Waals surface area (Å²) in [7, 11) is 1.79. The van der Waals surface area contributed by atoms with Crippen molar-refractivity contribution in [2.45, 2.75) is 31.9 Å². The van der Waals surface area contributed by atoms with Gasteiger partial charge in [-0.05, 0) is 37.8 Å². The number of aromatic nitrogens is 2. The van der Waals surface area contributed by atoms with Crippen molar-refractivity contribution >= 4 is 27.4 Å². The first-order chi connectivity index (χ1) is 9.59. The molecule has 2 aromatic heterocycles. The van der Waals surface area contributed by atoms with Crippen LogP contribution in [0.2, 0.25) is 0 Å². The molecule has 0 aromatic carbocycles. The first kappa shape index (κ1) is 13.7. The molecule has 2 aromatic rings. The molecule has 5 nitrogen and oxygen atoms in total. The van der Waals surface area contributed by atoms with Crippen LogP contribution in [0.5, 0.6) is 0 Å². The minimum absolute atomic E-state index is 0.0587. The number of nitrogens with zero attached hydrogens (tertiary/aromatic N) is 3. The van der Waals surface area contributed by atoms with Crippen LogP contribution in [0.25, 0.3) is 10.2 Å². The first-order valence-corrected chi connectivity index (χ1v) is 7.75. The molecule has 6 heteroatoms. The highest BCUT2D eigenvalue weighted by Gasteiger charge is 2.31. The first-order valence-electron chi connectivity index (χ1n) is 6.87. The van der Waals surface area contributed by atoms with E-state index in [9.17, 15) is 0 Å². The molecule has 0 amide bonds. The number of hydrogen-bond acceptors (Lipinski definition) is 6. The lowest BCUT2D eigenvalue weighted by atomic mass is 9.95. The normalized spacial score (nSPS) is 24.3. The average Bonchev–Trinajstić information content (AvgIpc) is 2.88. The van der Waals surface area contributed by atoms with Crippen molar-refractivity contribution in [2.75, 3.05) is 25.9 Å². The molecule has 3 rings (SSSR count). The van der Waals surface area contributed by atoms with Crippen LogP contribution in [0.15, 0.2) is 11.4 Å². The molecule has 1 atom stereocenters. The van der Waals surface area contributed by atoms with Gasteiger partial charge in [0.25, 0.3) is 0 Å². The van der Waals surface area contributed by atoms with Crippen LogP contribution >= 0.6 is 11.3 Å². The highest BCUT2D eigenvalue weighted by molar-refractivity contribution is 7.16. The van der Waals surface area contributed by atoms with E-state index in [0.29, 0.717) is 5.82 Å². The second-order valence-electron chi connectivity index (χ2n) is 5.63. The molecule has 108 valence electrons. The van der Waals surface area contributed by atoms with Gasteiger partial charge in [0.2, 0.25) is 0 Å². The molecular weight excluding hydrogens is 272 g/mol. The number of nitrogen functional groups attached to an aromatic ring is 1. The molecule has 0 bridgehead atoms. The van der Waals surface area contributed by atoms with Crippen molar-refractivity contribution in [1.29, 1.82) is 0 Å². The van der Waals surface area contributed by atoms with E-state index >= 15 is 0 Å². The summed E-state index contributed by atoms with van der Waals surface area (Å²) in [6.45, 7) is 4.87. The van der Waals surface area contributed by atoms with Gasteiger partial charge in [0.15, 0.2) is 0 Å². The summed E-state index contributed by atoms with van der Waals surface area (Å²) in [6, 6.07) is 1.97. The lowest BCUT2D eigenvalue weighted by molar-refractivity contribution is -0.0531. The molecule has 1 unspecified atom stereocenters. The van der Waals surface area contributed by atoms with Crippen LogP contribution in [0.1, 0.15) is 25.6 Å². The zero-order chi connectivity index (χ0) is 14.2. The SMILES string of the molecule is COC1(C)CCCN(Cc2nc(N)c3ccsc3n2)C1. The molecule has 20 heavy (non-hydrogen) atoms. The number of piperidine rings is 1. The largest absolute Gasteiger partial charge is 0.383 e. The number of fused-ring (bicyclic) bond motifs is 1. The van der Waals surface area contributed by atoms with Crippen LogP contribution in [0.3, 0.4) is 0 Å². The van der Waals surface area contributed by atoms with E-state index in [1.54, 1.807) is 18.4 Å². The molecule has 0 spiro atoms. The van der Waals surface area contributed by atoms with Gasteiger partial charge in [-0.15, -0.1) is 11.3 Å². The Morgan fingerprint density at radius 3 is 3.15 bits per heavy atom. The smallest absolute Gasteiger partial charge is 0.146 e. The molecule has 0 radical (unpaired) electrons. The third-order valence-electron chi connectivity index (χ3n) is 4.00. The number of thiophene rings is 1. The predicted octanol–water partition coefficient (Wildman–Crippen LogP) is 2.27. The number of ether oxygens (including phenoxy) is 1. The van der Waals surface area contributed by atoms with Gasteiger partial charge >= 0.3 is 0 Å². The zero-order valence-electron chi connectivity index (χ0n) is 11.9. The molecule has 1 aliphatic rings. The topological polar surface area (TPSA) is 64.3 Å². The van der Waals surface area contributed by atoms with E-state index in [1.165, 1.54) is 0 Å². The molecule has 3 heterocycles. The number of nitrogens with two attached hydrogens (primary N) is 1. The van der Waals surface area contributed by atoms with Crippen LogP contribution in [-0.2, 0) is 11.3 Å². The van der Waals surface area contributed by atoms with Gasteiger partial charge in [-0.25, -0.2) is 9.97 Å². The van der Waals surface area contributed by atoms with E-state index in [1.807, 2.05) is 11.4 Å². The van der Waals surface area contributed by atoms with Crippen molar-refractivity contribution in [3.05, 3.63) is 17.3 Å². The highest BCUT2D eigenvalue weighted by atomic mass is 32.1. The zero-order valence-corrected chi connectivity index (χ0v) is 12.7. The van der Waals surface area contributed by atoms with Crippen LogP contribution < -0.4 is 5.73 Å². The van der Waals surface area contributed by atoms with Crippen molar-refractivity contribution < 1.29 is 4.74 Å². The van der Waals surface area contributed by atoms with Gasteiger partial charge in [0.1, 0.15) is 16.5 Å². The van der Waals surface area contributed by atoms with Crippen molar-refractivity contribution in [3.8, 4) is 0 Å². The maximum atomic E-state index is 6.00. The Morgan fingerprint density at radius 1 is 1.50 bits per heavy atom. The number of hydrogen-bond donors (Lipinski definition) is 1. The number of methoxy groups -OCH3 is 1. The molecular formula is C14H20N4OS. The van der Waals surface area contributed by atoms with E-state index in [4.69, 9.17) is 10.5 Å². The van der Waals surface area contributed by atoms with E-state index in [-0.39, 0.29) is 5.60 Å². The maximum Gasteiger partial charge on any atom is 0.146 e. The third kappa shape index (κ3) is 2.63. The minimum atomic E-state index is -0.0587. The summed E-state index contributed by atoms with van der Waals surface area (Å²) < 4.78 is 5.62. The summed E-state index contributed by atoms with van der Waals surface area (Å²) in [4.78, 5) is 12.4. The lowest BCUT2D eigenvalue weighted by Gasteiger charge is -2.39. The van der Waals surface area contributed by atoms with Gasteiger partial charge in [-0.1, -0.05) is 0 Å². The number of likely N-dealkylation sites (tertiary alicyclic amines) is 1. The molecule has 0 saturated carbocycles. The quantitative estimate of drug-likeness (QED) is 0.940. The Kier molecular flexibility index (Phi) is 3.62. The highest BCUT2D eigenvalue weighted by Crippen LogP contribution is 2.26. The van der Waals surface area contributed by atoms with Gasteiger partial charge in [0.05, 0.1) is 17.5 Å². The molecule has 1 aliphatic heterocycles. The second-order valence-corrected chi connectivity index (χ2v) is 6.53. The Morgan fingerprint density at radius 2 is 2.35 bits per heavy atom. The fourth-order valence-corrected chi connectivity index (χ4v) is 3.59. The van der Waals surface area contributed by atoms with Gasteiger partial charge < -0.3 is 10.5 Å². The molecule has 2 N–H and O–H groups in total. The maximum absolute atomic E-state index is 6.00. The summed E-state index contributed by atoms with van der Waals surface area (Å²) in [6.07, 6.45) is 2.24. The van der Waals surface area contributed by atoms with Crippen LogP contribution in [-0.4, -0.2) is 40.7 Å². The Hall–Kier alpha value is -1.24. The summed E-state index contributed by atoms with van der Waals surface area (Å²) in [5.74, 6) is 1.38. The van der Waals surface area contributed by atoms with Gasteiger partial charge in [-0.3, -0.25) is 4.90 Å². The fraction of sp³-hybridized carbons (Fsp3) is 0.571. The molecule has 1 fully saturated rings. The van der Waals surface area contributed by atoms with E-state index in [2.05, 4.69) is 21.8 Å². The Labute approximate surface area is 122 Å². The number of anilines is 1.